The van der Waals surface area contributed by atoms with E-state index in [-0.39, 0.29) is 11.9 Å². The summed E-state index contributed by atoms with van der Waals surface area (Å²) in [6.45, 7) is 6.02. The van der Waals surface area contributed by atoms with Crippen LogP contribution in [0.25, 0.3) is 5.82 Å². The maximum absolute atomic E-state index is 13.0. The molecular formula is C20H20N4O. The maximum Gasteiger partial charge on any atom is 0.260 e. The lowest BCUT2D eigenvalue weighted by Crippen LogP contribution is -2.35. The second-order valence-electron chi connectivity index (χ2n) is 6.60. The van der Waals surface area contributed by atoms with Gasteiger partial charge >= 0.3 is 0 Å². The number of fused-ring (bicyclic) bond motifs is 1. The van der Waals surface area contributed by atoms with Crippen molar-refractivity contribution < 1.29 is 4.79 Å². The number of anilines is 1. The van der Waals surface area contributed by atoms with Gasteiger partial charge in [0.1, 0.15) is 0 Å². The molecule has 1 aliphatic rings. The highest BCUT2D eigenvalue weighted by atomic mass is 16.2. The number of carbonyl (C=O) groups excluding carboxylic acids is 1. The van der Waals surface area contributed by atoms with Gasteiger partial charge in [-0.05, 0) is 57.0 Å². The summed E-state index contributed by atoms with van der Waals surface area (Å²) in [6, 6.07) is 13.9. The van der Waals surface area contributed by atoms with E-state index in [1.807, 2.05) is 55.1 Å². The van der Waals surface area contributed by atoms with Crippen LogP contribution in [0.5, 0.6) is 0 Å². The molecule has 0 bridgehead atoms. The number of pyridine rings is 1. The number of hydrogen-bond acceptors (Lipinski definition) is 3. The molecule has 1 aromatic carbocycles. The van der Waals surface area contributed by atoms with Gasteiger partial charge in [-0.15, -0.1) is 0 Å². The van der Waals surface area contributed by atoms with Crippen LogP contribution in [0.4, 0.5) is 5.69 Å². The lowest BCUT2D eigenvalue weighted by Gasteiger charge is -2.22. The average molecular weight is 332 g/mol. The van der Waals surface area contributed by atoms with Gasteiger partial charge in [-0.1, -0.05) is 18.2 Å². The predicted octanol–water partition coefficient (Wildman–Crippen LogP) is 3.48. The topological polar surface area (TPSA) is 51.0 Å². The predicted molar refractivity (Wildman–Crippen MR) is 97.3 cm³/mol. The van der Waals surface area contributed by atoms with Crippen molar-refractivity contribution >= 4 is 11.6 Å². The summed E-state index contributed by atoms with van der Waals surface area (Å²) in [5, 5.41) is 4.43. The molecule has 5 heteroatoms. The van der Waals surface area contributed by atoms with Crippen molar-refractivity contribution in [2.45, 2.75) is 33.2 Å². The van der Waals surface area contributed by atoms with Crippen LogP contribution in [-0.4, -0.2) is 26.7 Å². The van der Waals surface area contributed by atoms with Crippen LogP contribution in [0.1, 0.15) is 34.2 Å². The number of nitrogens with zero attached hydrogens (tertiary/aromatic N) is 4. The van der Waals surface area contributed by atoms with Gasteiger partial charge in [-0.25, -0.2) is 9.67 Å². The van der Waals surface area contributed by atoms with Crippen LogP contribution < -0.4 is 4.90 Å². The largest absolute Gasteiger partial charge is 0.305 e. The molecule has 1 amide bonds. The number of amides is 1. The molecule has 0 saturated carbocycles. The Labute approximate surface area is 146 Å². The zero-order chi connectivity index (χ0) is 17.6. The lowest BCUT2D eigenvalue weighted by molar-refractivity contribution is 0.0981. The van der Waals surface area contributed by atoms with Gasteiger partial charge in [-0.2, -0.15) is 5.10 Å². The van der Waals surface area contributed by atoms with E-state index < -0.39 is 0 Å². The number of aryl methyl sites for hydroxylation is 2. The summed E-state index contributed by atoms with van der Waals surface area (Å²) in [4.78, 5) is 19.3. The Morgan fingerprint density at radius 1 is 1.16 bits per heavy atom. The highest BCUT2D eigenvalue weighted by Gasteiger charge is 2.31. The van der Waals surface area contributed by atoms with Crippen LogP contribution in [-0.2, 0) is 6.42 Å². The second-order valence-corrected chi connectivity index (χ2v) is 6.60. The van der Waals surface area contributed by atoms with Gasteiger partial charge in [0.2, 0.25) is 0 Å². The van der Waals surface area contributed by atoms with Gasteiger partial charge in [0.05, 0.1) is 11.3 Å². The third-order valence-corrected chi connectivity index (χ3v) is 4.65. The fraction of sp³-hybridized carbons (Fsp3) is 0.250. The average Bonchev–Trinajstić information content (AvgIpc) is 3.12. The van der Waals surface area contributed by atoms with E-state index in [4.69, 9.17) is 0 Å². The molecule has 4 rings (SSSR count). The fourth-order valence-electron chi connectivity index (χ4n) is 3.51. The Morgan fingerprint density at radius 2 is 1.96 bits per heavy atom. The van der Waals surface area contributed by atoms with E-state index in [9.17, 15) is 4.79 Å². The van der Waals surface area contributed by atoms with Crippen molar-refractivity contribution in [1.82, 2.24) is 14.8 Å². The molecule has 0 N–H and O–H groups in total. The number of carbonyl (C=O) groups is 1. The Morgan fingerprint density at radius 3 is 2.64 bits per heavy atom. The molecule has 0 aliphatic carbocycles. The summed E-state index contributed by atoms with van der Waals surface area (Å²) in [5.41, 5.74) is 4.78. The Balaban J connectivity index is 1.64. The molecular weight excluding hydrogens is 312 g/mol. The molecule has 126 valence electrons. The maximum atomic E-state index is 13.0. The molecule has 1 atom stereocenters. The van der Waals surface area contributed by atoms with E-state index in [1.54, 1.807) is 10.9 Å². The van der Waals surface area contributed by atoms with Crippen LogP contribution in [0, 0.1) is 13.8 Å². The minimum Gasteiger partial charge on any atom is -0.305 e. The fourth-order valence-corrected chi connectivity index (χ4v) is 3.51. The van der Waals surface area contributed by atoms with Crippen molar-refractivity contribution in [2.24, 2.45) is 0 Å². The number of aromatic nitrogens is 3. The third kappa shape index (κ3) is 2.61. The van der Waals surface area contributed by atoms with Crippen LogP contribution in [0.15, 0.2) is 48.7 Å². The van der Waals surface area contributed by atoms with Gasteiger partial charge in [-0.3, -0.25) is 4.79 Å². The quantitative estimate of drug-likeness (QED) is 0.722. The van der Waals surface area contributed by atoms with Crippen LogP contribution >= 0.6 is 0 Å². The first-order valence-corrected chi connectivity index (χ1v) is 8.46. The molecule has 5 nitrogen and oxygen atoms in total. The number of para-hydroxylation sites is 1. The first-order valence-electron chi connectivity index (χ1n) is 8.46. The Kier molecular flexibility index (Phi) is 3.64. The van der Waals surface area contributed by atoms with E-state index in [0.29, 0.717) is 5.56 Å². The third-order valence-electron chi connectivity index (χ3n) is 4.65. The first-order chi connectivity index (χ1) is 12.0. The zero-order valence-corrected chi connectivity index (χ0v) is 14.6. The van der Waals surface area contributed by atoms with Crippen molar-refractivity contribution in [3.63, 3.8) is 0 Å². The Bertz CT molecular complexity index is 943. The molecule has 0 saturated heterocycles. The second kappa shape index (κ2) is 5.84. The highest BCUT2D eigenvalue weighted by molar-refractivity contribution is 6.07. The number of hydrogen-bond donors (Lipinski definition) is 0. The minimum absolute atomic E-state index is 0.00938. The SMILES string of the molecule is Cc1cc(C)n(-c2ccc(C(=O)N3c4ccccc4C[C@@H]3C)cn2)n1. The standard InChI is InChI=1S/C20H20N4O/c1-13-10-15(3)24(22-13)19-9-8-17(12-21-19)20(25)23-14(2)11-16-6-4-5-7-18(16)23/h4-10,12,14H,11H2,1-3H3/t14-/m0/s1. The van der Waals surface area contributed by atoms with E-state index in [1.165, 1.54) is 5.56 Å². The van der Waals surface area contributed by atoms with E-state index in [2.05, 4.69) is 23.1 Å². The number of benzene rings is 1. The molecule has 2 aromatic heterocycles. The molecule has 0 radical (unpaired) electrons. The van der Waals surface area contributed by atoms with Crippen molar-refractivity contribution in [3.05, 3.63) is 71.2 Å². The minimum atomic E-state index is -0.00938. The van der Waals surface area contributed by atoms with E-state index >= 15 is 0 Å². The van der Waals surface area contributed by atoms with Crippen LogP contribution in [0.2, 0.25) is 0 Å². The molecule has 0 spiro atoms. The summed E-state index contributed by atoms with van der Waals surface area (Å²) in [6.07, 6.45) is 2.53. The summed E-state index contributed by atoms with van der Waals surface area (Å²) in [7, 11) is 0. The molecule has 0 unspecified atom stereocenters. The van der Waals surface area contributed by atoms with Crippen molar-refractivity contribution in [2.75, 3.05) is 4.90 Å². The summed E-state index contributed by atoms with van der Waals surface area (Å²) in [5.74, 6) is 0.710. The summed E-state index contributed by atoms with van der Waals surface area (Å²) >= 11 is 0. The van der Waals surface area contributed by atoms with Gasteiger partial charge in [0.25, 0.3) is 5.91 Å². The number of rotatable bonds is 2. The van der Waals surface area contributed by atoms with Crippen LogP contribution in [0.3, 0.4) is 0 Å². The van der Waals surface area contributed by atoms with E-state index in [0.717, 1.165) is 29.3 Å². The normalized spacial score (nSPS) is 16.1. The molecule has 3 heterocycles. The first kappa shape index (κ1) is 15.6. The van der Waals surface area contributed by atoms with Gasteiger partial charge in [0.15, 0.2) is 5.82 Å². The molecule has 25 heavy (non-hydrogen) atoms. The van der Waals surface area contributed by atoms with Crippen molar-refractivity contribution in [3.8, 4) is 5.82 Å². The smallest absolute Gasteiger partial charge is 0.260 e. The van der Waals surface area contributed by atoms with Gasteiger partial charge < -0.3 is 4.90 Å². The summed E-state index contributed by atoms with van der Waals surface area (Å²) < 4.78 is 1.79. The van der Waals surface area contributed by atoms with Crippen molar-refractivity contribution in [1.29, 1.82) is 0 Å². The zero-order valence-electron chi connectivity index (χ0n) is 14.6. The van der Waals surface area contributed by atoms with Gasteiger partial charge in [0, 0.05) is 23.6 Å². The molecule has 0 fully saturated rings. The monoisotopic (exact) mass is 332 g/mol. The Hall–Kier alpha value is -2.95. The molecule has 3 aromatic rings. The highest BCUT2D eigenvalue weighted by Crippen LogP contribution is 2.33. The molecule has 1 aliphatic heterocycles. The lowest BCUT2D eigenvalue weighted by atomic mass is 10.1.